The molecule has 2 aromatic rings. The molecule has 0 fully saturated rings. The van der Waals surface area contributed by atoms with E-state index in [1.165, 1.54) is 7.05 Å². The average Bonchev–Trinajstić information content (AvgIpc) is 2.41. The van der Waals surface area contributed by atoms with Crippen LogP contribution in [0.15, 0.2) is 17.1 Å². The molecule has 1 N–H and O–H groups in total. The Balaban J connectivity index is 2.80. The average molecular weight is 304 g/mol. The van der Waals surface area contributed by atoms with Gasteiger partial charge in [-0.15, -0.1) is 0 Å². The molecule has 0 aliphatic heterocycles. The topological polar surface area (TPSA) is 46.9 Å². The van der Waals surface area contributed by atoms with E-state index < -0.39 is 34.3 Å². The zero-order chi connectivity index (χ0) is 15.0. The fourth-order valence-electron chi connectivity index (χ4n) is 1.64. The lowest BCUT2D eigenvalue weighted by molar-refractivity contribution is 0.515. The number of anilines is 1. The molecule has 0 bridgehead atoms. The van der Waals surface area contributed by atoms with Crippen molar-refractivity contribution in [2.45, 2.75) is 6.92 Å². The fourth-order valence-corrected chi connectivity index (χ4v) is 1.86. The molecule has 0 unspecified atom stereocenters. The Morgan fingerprint density at radius 2 is 1.95 bits per heavy atom. The summed E-state index contributed by atoms with van der Waals surface area (Å²) in [6.07, 6.45) is 1.14. The molecule has 1 aromatic carbocycles. The van der Waals surface area contributed by atoms with E-state index in [2.05, 4.69) is 10.4 Å². The number of nitrogens with zero attached hydrogens (tertiary/aromatic N) is 2. The molecule has 0 aliphatic carbocycles. The second-order valence-electron chi connectivity index (χ2n) is 3.97. The van der Waals surface area contributed by atoms with Crippen LogP contribution in [0.1, 0.15) is 5.56 Å². The molecule has 0 saturated carbocycles. The van der Waals surface area contributed by atoms with Crippen LogP contribution >= 0.6 is 11.6 Å². The van der Waals surface area contributed by atoms with Crippen molar-refractivity contribution in [3.8, 4) is 5.69 Å². The van der Waals surface area contributed by atoms with Crippen molar-refractivity contribution < 1.29 is 13.2 Å². The Labute approximate surface area is 116 Å². The van der Waals surface area contributed by atoms with Crippen LogP contribution in [-0.2, 0) is 0 Å². The van der Waals surface area contributed by atoms with Crippen molar-refractivity contribution in [2.24, 2.45) is 0 Å². The summed E-state index contributed by atoms with van der Waals surface area (Å²) in [5.74, 6) is -3.49. The smallest absolute Gasteiger partial charge is 0.292 e. The normalized spacial score (nSPS) is 10.7. The molecule has 0 spiro atoms. The van der Waals surface area contributed by atoms with Crippen molar-refractivity contribution in [1.82, 2.24) is 9.78 Å². The first kappa shape index (κ1) is 14.4. The lowest BCUT2D eigenvalue weighted by Gasteiger charge is -2.11. The minimum absolute atomic E-state index is 0.215. The van der Waals surface area contributed by atoms with Gasteiger partial charge in [0.25, 0.3) is 5.56 Å². The van der Waals surface area contributed by atoms with Gasteiger partial charge in [0.15, 0.2) is 11.6 Å². The maximum absolute atomic E-state index is 14.0. The van der Waals surface area contributed by atoms with Gasteiger partial charge in [-0.3, -0.25) is 4.79 Å². The van der Waals surface area contributed by atoms with Gasteiger partial charge in [-0.05, 0) is 6.92 Å². The summed E-state index contributed by atoms with van der Waals surface area (Å²) in [5.41, 5.74) is -1.88. The van der Waals surface area contributed by atoms with Crippen LogP contribution < -0.4 is 10.9 Å². The summed E-state index contributed by atoms with van der Waals surface area (Å²) < 4.78 is 41.4. The lowest BCUT2D eigenvalue weighted by Crippen LogP contribution is -2.24. The lowest BCUT2D eigenvalue weighted by atomic mass is 10.2. The predicted molar refractivity (Wildman–Crippen MR) is 69.0 cm³/mol. The Morgan fingerprint density at radius 3 is 2.55 bits per heavy atom. The van der Waals surface area contributed by atoms with E-state index in [-0.39, 0.29) is 10.7 Å². The SMILES string of the molecule is CNc1cnn(-c2c(F)cc(F)c(C)c2F)c(=O)c1Cl. The third-order valence-corrected chi connectivity index (χ3v) is 3.14. The van der Waals surface area contributed by atoms with Crippen LogP contribution in [0, 0.1) is 24.4 Å². The van der Waals surface area contributed by atoms with Crippen LogP contribution in [0.25, 0.3) is 5.69 Å². The molecule has 1 aromatic heterocycles. The van der Waals surface area contributed by atoms with E-state index in [4.69, 9.17) is 11.6 Å². The molecule has 106 valence electrons. The third kappa shape index (κ3) is 2.14. The van der Waals surface area contributed by atoms with E-state index >= 15 is 0 Å². The second kappa shape index (κ2) is 5.16. The van der Waals surface area contributed by atoms with Gasteiger partial charge in [-0.1, -0.05) is 11.6 Å². The van der Waals surface area contributed by atoms with Gasteiger partial charge in [-0.25, -0.2) is 13.2 Å². The highest BCUT2D eigenvalue weighted by molar-refractivity contribution is 6.32. The summed E-state index contributed by atoms with van der Waals surface area (Å²) in [4.78, 5) is 12.0. The van der Waals surface area contributed by atoms with E-state index in [1.807, 2.05) is 0 Å². The molecule has 0 atom stereocenters. The van der Waals surface area contributed by atoms with Crippen LogP contribution in [0.2, 0.25) is 5.02 Å². The van der Waals surface area contributed by atoms with Gasteiger partial charge in [0.05, 0.1) is 11.9 Å². The molecular formula is C12H9ClF3N3O. The van der Waals surface area contributed by atoms with Gasteiger partial charge in [-0.2, -0.15) is 9.78 Å². The number of hydrogen-bond acceptors (Lipinski definition) is 3. The Morgan fingerprint density at radius 1 is 1.30 bits per heavy atom. The Kier molecular flexibility index (Phi) is 3.71. The Bertz CT molecular complexity index is 746. The highest BCUT2D eigenvalue weighted by Crippen LogP contribution is 2.23. The highest BCUT2D eigenvalue weighted by atomic mass is 35.5. The molecule has 20 heavy (non-hydrogen) atoms. The first-order valence-electron chi connectivity index (χ1n) is 5.48. The molecule has 0 radical (unpaired) electrons. The molecule has 0 saturated heterocycles. The quantitative estimate of drug-likeness (QED) is 0.928. The molecule has 0 aliphatic rings. The maximum atomic E-state index is 14.0. The molecule has 4 nitrogen and oxygen atoms in total. The fraction of sp³-hybridized carbons (Fsp3) is 0.167. The summed E-state index contributed by atoms with van der Waals surface area (Å²) in [6, 6.07) is 0.488. The summed E-state index contributed by atoms with van der Waals surface area (Å²) in [7, 11) is 1.51. The van der Waals surface area contributed by atoms with Crippen molar-refractivity contribution in [3.05, 3.63) is 50.7 Å². The number of rotatable bonds is 2. The number of nitrogens with one attached hydrogen (secondary N) is 1. The molecule has 1 heterocycles. The van der Waals surface area contributed by atoms with Gasteiger partial charge in [0.2, 0.25) is 0 Å². The number of aromatic nitrogens is 2. The maximum Gasteiger partial charge on any atom is 0.292 e. The van der Waals surface area contributed by atoms with Gasteiger partial charge >= 0.3 is 0 Å². The minimum atomic E-state index is -1.24. The minimum Gasteiger partial charge on any atom is -0.385 e. The predicted octanol–water partition coefficient (Wildman–Crippen LogP) is 2.65. The summed E-state index contributed by atoms with van der Waals surface area (Å²) in [6.45, 7) is 1.13. The third-order valence-electron chi connectivity index (χ3n) is 2.78. The molecule has 2 rings (SSSR count). The van der Waals surface area contributed by atoms with E-state index in [0.717, 1.165) is 13.1 Å². The molecule has 8 heteroatoms. The standard InChI is InChI=1S/C12H9ClF3N3O/c1-5-6(14)3-7(15)11(10(5)16)19-12(20)9(13)8(17-2)4-18-19/h3-4,17H,1-2H3. The number of hydrogen-bond donors (Lipinski definition) is 1. The Hall–Kier alpha value is -2.02. The number of halogens is 4. The molecule has 0 amide bonds. The largest absolute Gasteiger partial charge is 0.385 e. The van der Waals surface area contributed by atoms with Gasteiger partial charge in [0.1, 0.15) is 16.5 Å². The van der Waals surface area contributed by atoms with Crippen molar-refractivity contribution in [2.75, 3.05) is 12.4 Å². The summed E-state index contributed by atoms with van der Waals surface area (Å²) >= 11 is 5.77. The summed E-state index contributed by atoms with van der Waals surface area (Å²) in [5, 5.41) is 5.96. The van der Waals surface area contributed by atoms with Crippen LogP contribution in [0.5, 0.6) is 0 Å². The first-order valence-corrected chi connectivity index (χ1v) is 5.86. The first-order chi connectivity index (χ1) is 9.38. The van der Waals surface area contributed by atoms with E-state index in [9.17, 15) is 18.0 Å². The van der Waals surface area contributed by atoms with Crippen molar-refractivity contribution in [1.29, 1.82) is 0 Å². The highest BCUT2D eigenvalue weighted by Gasteiger charge is 2.21. The number of benzene rings is 1. The van der Waals surface area contributed by atoms with E-state index in [1.54, 1.807) is 0 Å². The van der Waals surface area contributed by atoms with E-state index in [0.29, 0.717) is 10.7 Å². The van der Waals surface area contributed by atoms with Crippen molar-refractivity contribution >= 4 is 17.3 Å². The zero-order valence-electron chi connectivity index (χ0n) is 10.5. The van der Waals surface area contributed by atoms with Crippen molar-refractivity contribution in [3.63, 3.8) is 0 Å². The molecular weight excluding hydrogens is 295 g/mol. The monoisotopic (exact) mass is 303 g/mol. The van der Waals surface area contributed by atoms with Gasteiger partial charge in [0, 0.05) is 18.7 Å². The van der Waals surface area contributed by atoms with Crippen LogP contribution in [0.4, 0.5) is 18.9 Å². The second-order valence-corrected chi connectivity index (χ2v) is 4.34. The van der Waals surface area contributed by atoms with Crippen LogP contribution in [0.3, 0.4) is 0 Å². The zero-order valence-corrected chi connectivity index (χ0v) is 11.2. The van der Waals surface area contributed by atoms with Gasteiger partial charge < -0.3 is 5.32 Å². The van der Waals surface area contributed by atoms with Crippen LogP contribution in [-0.4, -0.2) is 16.8 Å².